The molecule has 2 aliphatic heterocycles. The van der Waals surface area contributed by atoms with Crippen LogP contribution in [-0.2, 0) is 0 Å². The molecule has 0 saturated heterocycles. The third-order valence-corrected chi connectivity index (χ3v) is 6.35. The predicted molar refractivity (Wildman–Crippen MR) is 156 cm³/mol. The van der Waals surface area contributed by atoms with Gasteiger partial charge in [0.15, 0.2) is 0 Å². The molecule has 5 rings (SSSR count). The first-order chi connectivity index (χ1) is 17.1. The molecule has 2 amide bonds. The van der Waals surface area contributed by atoms with Crippen molar-refractivity contribution in [2.24, 2.45) is 9.98 Å². The number of aliphatic imine (C=N–C) groups is 2. The van der Waals surface area contributed by atoms with Gasteiger partial charge < -0.3 is 21.3 Å². The molecule has 0 radical (unpaired) electrons. The average molecular weight is 604 g/mol. The lowest BCUT2D eigenvalue weighted by atomic mass is 10.1. The first-order valence-corrected chi connectivity index (χ1v) is 12.1. The number of hydrogen-bond acceptors (Lipinski definition) is 6. The SMILES string of the molecule is Cl.Cl.O=C(Nc1ccc(C2=NCCN2)cc1)c1ccc(Br)c(C(=O)Nc2ccc(C3=NCCN3)cc2)c1. The van der Waals surface area contributed by atoms with E-state index in [1.165, 1.54) is 0 Å². The molecule has 11 heteroatoms. The van der Waals surface area contributed by atoms with Crippen molar-refractivity contribution in [1.82, 2.24) is 10.6 Å². The smallest absolute Gasteiger partial charge is 0.256 e. The van der Waals surface area contributed by atoms with Crippen LogP contribution in [0.3, 0.4) is 0 Å². The number of halogens is 3. The zero-order chi connectivity index (χ0) is 24.2. The van der Waals surface area contributed by atoms with Crippen LogP contribution in [0.5, 0.6) is 0 Å². The molecule has 8 nitrogen and oxygen atoms in total. The van der Waals surface area contributed by atoms with Crippen LogP contribution in [0.2, 0.25) is 0 Å². The molecule has 0 saturated carbocycles. The van der Waals surface area contributed by atoms with Crippen LogP contribution < -0.4 is 21.3 Å². The highest BCUT2D eigenvalue weighted by atomic mass is 79.9. The topological polar surface area (TPSA) is 107 Å². The van der Waals surface area contributed by atoms with Gasteiger partial charge in [-0.25, -0.2) is 0 Å². The van der Waals surface area contributed by atoms with E-state index in [0.29, 0.717) is 27.0 Å². The van der Waals surface area contributed by atoms with Crippen molar-refractivity contribution in [3.8, 4) is 0 Å². The van der Waals surface area contributed by atoms with Crippen LogP contribution in [0.25, 0.3) is 0 Å². The van der Waals surface area contributed by atoms with Crippen molar-refractivity contribution in [3.63, 3.8) is 0 Å². The van der Waals surface area contributed by atoms with Gasteiger partial charge in [0.2, 0.25) is 0 Å². The lowest BCUT2D eigenvalue weighted by Gasteiger charge is -2.11. The highest BCUT2D eigenvalue weighted by Gasteiger charge is 2.16. The molecule has 2 heterocycles. The summed E-state index contributed by atoms with van der Waals surface area (Å²) in [5, 5.41) is 12.2. The summed E-state index contributed by atoms with van der Waals surface area (Å²) in [4.78, 5) is 34.6. The minimum atomic E-state index is -0.315. The molecule has 3 aromatic rings. The number of amides is 2. The molecular weight excluding hydrogens is 579 g/mol. The summed E-state index contributed by atoms with van der Waals surface area (Å²) in [5.74, 6) is 1.11. The number of nitrogens with zero attached hydrogens (tertiary/aromatic N) is 2. The van der Waals surface area contributed by atoms with Gasteiger partial charge in [0.25, 0.3) is 11.8 Å². The third-order valence-electron chi connectivity index (χ3n) is 5.65. The second-order valence-corrected chi connectivity index (χ2v) is 8.93. The van der Waals surface area contributed by atoms with E-state index in [0.717, 1.165) is 49.0 Å². The first kappa shape index (κ1) is 28.2. The van der Waals surface area contributed by atoms with E-state index in [-0.39, 0.29) is 36.6 Å². The molecule has 0 spiro atoms. The van der Waals surface area contributed by atoms with Crippen LogP contribution >= 0.6 is 40.7 Å². The predicted octanol–water partition coefficient (Wildman–Crippen LogP) is 4.50. The number of hydrogen-bond donors (Lipinski definition) is 4. The van der Waals surface area contributed by atoms with E-state index < -0.39 is 0 Å². The van der Waals surface area contributed by atoms with E-state index in [9.17, 15) is 9.59 Å². The Morgan fingerprint density at radius 1 is 0.703 bits per heavy atom. The molecule has 3 aromatic carbocycles. The summed E-state index contributed by atoms with van der Waals surface area (Å²) in [6, 6.07) is 19.9. The lowest BCUT2D eigenvalue weighted by molar-refractivity contribution is 0.102. The van der Waals surface area contributed by atoms with E-state index in [1.54, 1.807) is 18.2 Å². The summed E-state index contributed by atoms with van der Waals surface area (Å²) in [6.45, 7) is 3.21. The lowest BCUT2D eigenvalue weighted by Crippen LogP contribution is -2.19. The van der Waals surface area contributed by atoms with Gasteiger partial charge in [-0.05, 0) is 82.7 Å². The molecule has 192 valence electrons. The zero-order valence-electron chi connectivity index (χ0n) is 19.6. The molecule has 2 aliphatic rings. The fraction of sp³-hybridized carbons (Fsp3) is 0.154. The molecule has 0 atom stereocenters. The number of carbonyl (C=O) groups is 2. The molecule has 0 unspecified atom stereocenters. The standard InChI is InChI=1S/C26H23BrN6O2.2ClH/c27-22-10-5-18(25(34)32-19-6-1-16(2-7-19)23-28-11-12-29-23)15-21(22)26(35)33-20-8-3-17(4-9-20)24-30-13-14-31-24;;/h1-10,15H,11-14H2,(H,28,29)(H,30,31)(H,32,34)(H,33,35);2*1H. The Balaban J connectivity index is 0.00000190. The Hall–Kier alpha value is -3.40. The Labute approximate surface area is 235 Å². The molecule has 0 bridgehead atoms. The van der Waals surface area contributed by atoms with Gasteiger partial charge in [0.1, 0.15) is 11.7 Å². The normalized spacial score (nSPS) is 13.6. The van der Waals surface area contributed by atoms with E-state index in [2.05, 4.69) is 47.2 Å². The summed E-state index contributed by atoms with van der Waals surface area (Å²) in [5.41, 5.74) is 4.01. The van der Waals surface area contributed by atoms with E-state index in [4.69, 9.17) is 0 Å². The van der Waals surface area contributed by atoms with Gasteiger partial charge in [-0.15, -0.1) is 24.8 Å². The number of amidine groups is 2. The summed E-state index contributed by atoms with van der Waals surface area (Å²) in [7, 11) is 0. The van der Waals surface area contributed by atoms with Crippen molar-refractivity contribution in [3.05, 3.63) is 93.5 Å². The minimum absolute atomic E-state index is 0. The van der Waals surface area contributed by atoms with Crippen molar-refractivity contribution >= 4 is 75.6 Å². The molecule has 0 aromatic heterocycles. The Bertz CT molecular complexity index is 1340. The quantitative estimate of drug-likeness (QED) is 0.333. The molecule has 37 heavy (non-hydrogen) atoms. The Morgan fingerprint density at radius 3 is 1.65 bits per heavy atom. The maximum atomic E-state index is 12.9. The maximum Gasteiger partial charge on any atom is 0.256 e. The number of benzene rings is 3. The number of rotatable bonds is 6. The van der Waals surface area contributed by atoms with Gasteiger partial charge in [0.05, 0.1) is 18.7 Å². The fourth-order valence-electron chi connectivity index (χ4n) is 3.85. The third kappa shape index (κ3) is 6.68. The van der Waals surface area contributed by atoms with Crippen LogP contribution in [-0.4, -0.2) is 49.7 Å². The van der Waals surface area contributed by atoms with Gasteiger partial charge in [-0.1, -0.05) is 0 Å². The van der Waals surface area contributed by atoms with Gasteiger partial charge in [-0.2, -0.15) is 0 Å². The largest absolute Gasteiger partial charge is 0.368 e. The van der Waals surface area contributed by atoms with Crippen LogP contribution in [0.15, 0.2) is 81.2 Å². The monoisotopic (exact) mass is 602 g/mol. The Morgan fingerprint density at radius 2 is 1.19 bits per heavy atom. The van der Waals surface area contributed by atoms with Gasteiger partial charge in [-0.3, -0.25) is 19.6 Å². The fourth-order valence-corrected chi connectivity index (χ4v) is 4.27. The minimum Gasteiger partial charge on any atom is -0.368 e. The van der Waals surface area contributed by atoms with Crippen LogP contribution in [0, 0.1) is 0 Å². The van der Waals surface area contributed by atoms with Gasteiger partial charge >= 0.3 is 0 Å². The van der Waals surface area contributed by atoms with E-state index in [1.807, 2.05) is 48.5 Å². The average Bonchev–Trinajstić information content (AvgIpc) is 3.60. The van der Waals surface area contributed by atoms with Gasteiger partial charge in [0, 0.05) is 45.6 Å². The zero-order valence-corrected chi connectivity index (χ0v) is 22.8. The van der Waals surface area contributed by atoms with Crippen LogP contribution in [0.1, 0.15) is 31.8 Å². The molecule has 0 aliphatic carbocycles. The molecule has 0 fully saturated rings. The number of carbonyl (C=O) groups excluding carboxylic acids is 2. The Kier molecular flexibility index (Phi) is 9.68. The molecular formula is C26H25BrCl2N6O2. The molecule has 4 N–H and O–H groups in total. The second-order valence-electron chi connectivity index (χ2n) is 8.07. The highest BCUT2D eigenvalue weighted by molar-refractivity contribution is 9.10. The van der Waals surface area contributed by atoms with Crippen molar-refractivity contribution in [2.45, 2.75) is 0 Å². The number of anilines is 2. The van der Waals surface area contributed by atoms with Crippen molar-refractivity contribution in [1.29, 1.82) is 0 Å². The van der Waals surface area contributed by atoms with Crippen LogP contribution in [0.4, 0.5) is 11.4 Å². The highest BCUT2D eigenvalue weighted by Crippen LogP contribution is 2.22. The summed E-state index contributed by atoms with van der Waals surface area (Å²) >= 11 is 3.42. The summed E-state index contributed by atoms with van der Waals surface area (Å²) < 4.78 is 0.599. The van der Waals surface area contributed by atoms with Crippen molar-refractivity contribution < 1.29 is 9.59 Å². The second kappa shape index (κ2) is 12.7. The maximum absolute atomic E-state index is 12.9. The number of nitrogens with one attached hydrogen (secondary N) is 4. The van der Waals surface area contributed by atoms with Crippen molar-refractivity contribution in [2.75, 3.05) is 36.8 Å². The first-order valence-electron chi connectivity index (χ1n) is 11.3. The van der Waals surface area contributed by atoms with E-state index >= 15 is 0 Å². The summed E-state index contributed by atoms with van der Waals surface area (Å²) in [6.07, 6.45) is 0.